The van der Waals surface area contributed by atoms with E-state index < -0.39 is 11.2 Å². The highest BCUT2D eigenvalue weighted by Gasteiger charge is 2.32. The van der Waals surface area contributed by atoms with E-state index in [0.29, 0.717) is 35.6 Å². The molecule has 2 fully saturated rings. The molecule has 0 radical (unpaired) electrons. The molecule has 74 heavy (non-hydrogen) atoms. The number of alkyl carbamates (subject to hydrolysis) is 2. The summed E-state index contributed by atoms with van der Waals surface area (Å²) in [4.78, 5) is 30.3. The van der Waals surface area contributed by atoms with E-state index in [4.69, 9.17) is 9.47 Å². The van der Waals surface area contributed by atoms with Gasteiger partial charge in [-0.05, 0) is 171 Å². The van der Waals surface area contributed by atoms with E-state index in [1.165, 1.54) is 108 Å². The zero-order valence-corrected chi connectivity index (χ0v) is 47.5. The Labute approximate surface area is 448 Å². The minimum Gasteiger partial charge on any atom is -0.444 e. The second kappa shape index (κ2) is 25.8. The summed E-state index contributed by atoms with van der Waals surface area (Å²) in [6.45, 7) is 27.8. The van der Waals surface area contributed by atoms with Gasteiger partial charge in [-0.25, -0.2) is 9.59 Å². The Kier molecular flexibility index (Phi) is 19.9. The summed E-state index contributed by atoms with van der Waals surface area (Å²) >= 11 is 0. The summed E-state index contributed by atoms with van der Waals surface area (Å²) in [5, 5.41) is 11.3. The number of carbonyl (C=O) groups is 2. The standard InChI is InChI=1S/C64H92B2N4O4/c1-61(2,3)73-59(71)67-37-21-11-23-39-69(41-47-25-13-15-27-49(47)57-33-35-63(7,8)45-65-57)43-55-51-29-17-19-31-53(51)56(54-32-20-18-30-52(54)55)44-70(40-24-12-22-38-68-60(72)74-62(4,5)6)42-48-26-14-16-28-50(48)58-34-36-64(9,10)46-66-58/h13-20,25-32,57-58,65-66H,11-12,21-24,33-46H2,1-10H3,(H,67,71)(H,68,72). The SMILES string of the molecule is CC1(C)CBC(c2ccccc2CN(CCCCCNC(=O)OC(C)(C)C)Cc2c3ccccc3c(CN(CCCCCNC(=O)OC(C)(C)C)Cc3ccccc3C3BCC(C)(C)CC3)c3ccccc23)CC1. The van der Waals surface area contributed by atoms with Gasteiger partial charge in [0.25, 0.3) is 0 Å². The van der Waals surface area contributed by atoms with Crippen LogP contribution in [0, 0.1) is 10.8 Å². The normalized spacial score (nSPS) is 17.7. The van der Waals surface area contributed by atoms with Crippen LogP contribution in [-0.4, -0.2) is 73.9 Å². The predicted molar refractivity (Wildman–Crippen MR) is 314 cm³/mol. The first kappa shape index (κ1) is 56.9. The van der Waals surface area contributed by atoms with Crippen LogP contribution in [0.1, 0.15) is 178 Å². The summed E-state index contributed by atoms with van der Waals surface area (Å²) in [5.41, 5.74) is 8.61. The van der Waals surface area contributed by atoms with Crippen molar-refractivity contribution in [3.63, 3.8) is 0 Å². The highest BCUT2D eigenvalue weighted by atomic mass is 16.6. The van der Waals surface area contributed by atoms with Crippen molar-refractivity contribution in [3.8, 4) is 0 Å². The van der Waals surface area contributed by atoms with E-state index in [1.54, 1.807) is 0 Å². The molecule has 2 aliphatic rings. The molecule has 0 bridgehead atoms. The summed E-state index contributed by atoms with van der Waals surface area (Å²) in [5.74, 6) is 1.19. The van der Waals surface area contributed by atoms with Crippen molar-refractivity contribution in [2.75, 3.05) is 26.2 Å². The molecule has 2 aliphatic heterocycles. The minimum absolute atomic E-state index is 0.342. The summed E-state index contributed by atoms with van der Waals surface area (Å²) in [7, 11) is 2.50. The second-order valence-electron chi connectivity index (χ2n) is 25.7. The monoisotopic (exact) mass is 1000 g/mol. The number of amides is 2. The number of nitrogens with one attached hydrogen (secondary N) is 2. The van der Waals surface area contributed by atoms with Crippen molar-refractivity contribution >= 4 is 48.3 Å². The van der Waals surface area contributed by atoms with Crippen LogP contribution in [0.25, 0.3) is 21.5 Å². The molecular weight excluding hydrogens is 910 g/mol. The van der Waals surface area contributed by atoms with Gasteiger partial charge in [0.1, 0.15) is 25.8 Å². The Morgan fingerprint density at radius 2 is 0.865 bits per heavy atom. The van der Waals surface area contributed by atoms with Crippen molar-refractivity contribution < 1.29 is 19.1 Å². The Hall–Kier alpha value is -4.79. The molecule has 0 aromatic heterocycles. The van der Waals surface area contributed by atoms with Gasteiger partial charge in [-0.15, -0.1) is 0 Å². The molecule has 5 aromatic carbocycles. The third-order valence-corrected chi connectivity index (χ3v) is 16.0. The predicted octanol–water partition coefficient (Wildman–Crippen LogP) is 14.8. The van der Waals surface area contributed by atoms with Gasteiger partial charge < -0.3 is 20.1 Å². The van der Waals surface area contributed by atoms with Crippen LogP contribution >= 0.6 is 0 Å². The number of hydrogen-bond donors (Lipinski definition) is 2. The van der Waals surface area contributed by atoms with Crippen LogP contribution in [-0.2, 0) is 35.7 Å². The Balaban J connectivity index is 1.17. The van der Waals surface area contributed by atoms with E-state index in [0.717, 1.165) is 77.8 Å². The van der Waals surface area contributed by atoms with E-state index >= 15 is 0 Å². The fourth-order valence-corrected chi connectivity index (χ4v) is 11.9. The average molecular weight is 1000 g/mol. The van der Waals surface area contributed by atoms with Gasteiger partial charge in [-0.1, -0.05) is 163 Å². The number of hydrogen-bond acceptors (Lipinski definition) is 6. The Morgan fingerprint density at radius 1 is 0.514 bits per heavy atom. The fraction of sp³-hybridized carbons (Fsp3) is 0.562. The number of unbranched alkanes of at least 4 members (excludes halogenated alkanes) is 4. The molecular formula is C64H92B2N4O4. The lowest BCUT2D eigenvalue weighted by molar-refractivity contribution is 0.0515. The smallest absolute Gasteiger partial charge is 0.407 e. The second-order valence-corrected chi connectivity index (χ2v) is 25.7. The first-order valence-electron chi connectivity index (χ1n) is 28.7. The minimum atomic E-state index is -0.510. The largest absolute Gasteiger partial charge is 0.444 e. The van der Waals surface area contributed by atoms with Crippen molar-refractivity contribution in [2.24, 2.45) is 10.8 Å². The number of fused-ring (bicyclic) bond motifs is 2. The van der Waals surface area contributed by atoms with Gasteiger partial charge in [0.15, 0.2) is 0 Å². The summed E-state index contributed by atoms with van der Waals surface area (Å²) < 4.78 is 11.0. The number of nitrogens with zero attached hydrogens (tertiary/aromatic N) is 2. The number of ether oxygens (including phenoxy) is 2. The maximum atomic E-state index is 12.4. The maximum absolute atomic E-state index is 12.4. The summed E-state index contributed by atoms with van der Waals surface area (Å²) in [6.07, 6.45) is 12.8. The van der Waals surface area contributed by atoms with Crippen molar-refractivity contribution in [2.45, 2.75) is 195 Å². The topological polar surface area (TPSA) is 83.1 Å². The quantitative estimate of drug-likeness (QED) is 0.0408. The van der Waals surface area contributed by atoms with Gasteiger partial charge in [0, 0.05) is 39.3 Å². The van der Waals surface area contributed by atoms with Crippen LogP contribution < -0.4 is 10.6 Å². The molecule has 2 atom stereocenters. The molecule has 7 rings (SSSR count). The van der Waals surface area contributed by atoms with E-state index in [-0.39, 0.29) is 12.2 Å². The van der Waals surface area contributed by atoms with E-state index in [9.17, 15) is 9.59 Å². The molecule has 8 nitrogen and oxygen atoms in total. The molecule has 0 spiro atoms. The first-order valence-corrected chi connectivity index (χ1v) is 28.7. The van der Waals surface area contributed by atoms with E-state index in [2.05, 4.69) is 145 Å². The highest BCUT2D eigenvalue weighted by molar-refractivity contribution is 6.38. The zero-order chi connectivity index (χ0) is 52.9. The van der Waals surface area contributed by atoms with Crippen molar-refractivity contribution in [1.82, 2.24) is 20.4 Å². The lowest BCUT2D eigenvalue weighted by Crippen LogP contribution is -2.33. The highest BCUT2D eigenvalue weighted by Crippen LogP contribution is 2.42. The zero-order valence-electron chi connectivity index (χ0n) is 47.5. The average Bonchev–Trinajstić information content (AvgIpc) is 3.34. The Bertz CT molecular complexity index is 2360. The third-order valence-electron chi connectivity index (χ3n) is 16.0. The van der Waals surface area contributed by atoms with Gasteiger partial charge >= 0.3 is 12.2 Å². The van der Waals surface area contributed by atoms with Crippen LogP contribution in [0.2, 0.25) is 12.6 Å². The molecule has 0 saturated carbocycles. The van der Waals surface area contributed by atoms with Gasteiger partial charge in [-0.3, -0.25) is 9.80 Å². The lowest BCUT2D eigenvalue weighted by Gasteiger charge is -2.35. The first-order chi connectivity index (χ1) is 35.2. The molecule has 0 aliphatic carbocycles. The number of rotatable bonds is 22. The van der Waals surface area contributed by atoms with Crippen molar-refractivity contribution in [3.05, 3.63) is 130 Å². The van der Waals surface area contributed by atoms with Crippen LogP contribution in [0.15, 0.2) is 97.1 Å². The number of carbonyl (C=O) groups excluding carboxylic acids is 2. The Morgan fingerprint density at radius 3 is 1.20 bits per heavy atom. The molecule has 5 aromatic rings. The maximum Gasteiger partial charge on any atom is 0.407 e. The van der Waals surface area contributed by atoms with Crippen LogP contribution in [0.4, 0.5) is 9.59 Å². The molecule has 2 amide bonds. The van der Waals surface area contributed by atoms with Gasteiger partial charge in [-0.2, -0.15) is 0 Å². The molecule has 2 saturated heterocycles. The molecule has 2 heterocycles. The van der Waals surface area contributed by atoms with E-state index in [1.807, 2.05) is 41.5 Å². The third kappa shape index (κ3) is 17.1. The lowest BCUT2D eigenvalue weighted by atomic mass is 9.47. The fourth-order valence-electron chi connectivity index (χ4n) is 11.9. The molecule has 2 N–H and O–H groups in total. The summed E-state index contributed by atoms with van der Waals surface area (Å²) in [6, 6.07) is 37.0. The molecule has 398 valence electrons. The molecule has 2 unspecified atom stereocenters. The van der Waals surface area contributed by atoms with Gasteiger partial charge in [0.2, 0.25) is 0 Å². The van der Waals surface area contributed by atoms with Crippen molar-refractivity contribution in [1.29, 1.82) is 0 Å². The van der Waals surface area contributed by atoms with Gasteiger partial charge in [0.05, 0.1) is 0 Å². The van der Waals surface area contributed by atoms with Crippen LogP contribution in [0.5, 0.6) is 0 Å². The molecule has 10 heteroatoms. The number of benzene rings is 5. The van der Waals surface area contributed by atoms with Crippen LogP contribution in [0.3, 0.4) is 0 Å².